The van der Waals surface area contributed by atoms with Crippen molar-refractivity contribution in [2.24, 2.45) is 0 Å². The van der Waals surface area contributed by atoms with E-state index in [0.717, 1.165) is 40.9 Å². The molecule has 7 nitrogen and oxygen atoms in total. The first kappa shape index (κ1) is 22.3. The first-order valence-electron chi connectivity index (χ1n) is 11.6. The molecule has 1 amide bonds. The van der Waals surface area contributed by atoms with Gasteiger partial charge in [0.05, 0.1) is 23.1 Å². The molecule has 2 aromatic heterocycles. The molecule has 0 saturated carbocycles. The first-order valence-corrected chi connectivity index (χ1v) is 11.6. The number of rotatable bonds is 8. The second-order valence-electron chi connectivity index (χ2n) is 8.17. The Bertz CT molecular complexity index is 1410. The summed E-state index contributed by atoms with van der Waals surface area (Å²) in [6.45, 7) is 2.61. The normalized spacial score (nSPS) is 10.9. The van der Waals surface area contributed by atoms with Gasteiger partial charge in [-0.1, -0.05) is 79.2 Å². The summed E-state index contributed by atoms with van der Waals surface area (Å²) in [6, 6.07) is 27.0. The molecule has 0 atom stereocenters. The van der Waals surface area contributed by atoms with Crippen molar-refractivity contribution < 1.29 is 9.32 Å². The zero-order valence-corrected chi connectivity index (χ0v) is 19.4. The molecule has 35 heavy (non-hydrogen) atoms. The molecular weight excluding hydrogens is 438 g/mol. The number of nitrogens with one attached hydrogen (secondary N) is 1. The number of nitrogens with zero attached hydrogens (tertiary/aromatic N) is 4. The lowest BCUT2D eigenvalue weighted by Crippen LogP contribution is -2.22. The maximum absolute atomic E-state index is 12.5. The highest BCUT2D eigenvalue weighted by molar-refractivity contribution is 5.94. The number of hydrogen-bond acceptors (Lipinski definition) is 5. The van der Waals surface area contributed by atoms with Crippen LogP contribution in [0.3, 0.4) is 0 Å². The Morgan fingerprint density at radius 1 is 0.943 bits per heavy atom. The van der Waals surface area contributed by atoms with Gasteiger partial charge in [0.15, 0.2) is 0 Å². The van der Waals surface area contributed by atoms with Crippen molar-refractivity contribution in [3.63, 3.8) is 0 Å². The summed E-state index contributed by atoms with van der Waals surface area (Å²) >= 11 is 0. The summed E-state index contributed by atoms with van der Waals surface area (Å²) in [7, 11) is 0. The van der Waals surface area contributed by atoms with E-state index in [2.05, 4.69) is 27.5 Å². The Kier molecular flexibility index (Phi) is 6.48. The van der Waals surface area contributed by atoms with Crippen LogP contribution in [0.4, 0.5) is 0 Å². The molecule has 174 valence electrons. The van der Waals surface area contributed by atoms with E-state index in [1.165, 1.54) is 0 Å². The summed E-state index contributed by atoms with van der Waals surface area (Å²) in [4.78, 5) is 17.1. The van der Waals surface area contributed by atoms with Crippen molar-refractivity contribution in [1.29, 1.82) is 0 Å². The molecule has 2 heterocycles. The smallest absolute Gasteiger partial charge is 0.261 e. The molecule has 0 unspecified atom stereocenters. The van der Waals surface area contributed by atoms with Crippen molar-refractivity contribution in [2.75, 3.05) is 0 Å². The van der Waals surface area contributed by atoms with Crippen LogP contribution in [0.15, 0.2) is 95.6 Å². The minimum Gasteiger partial charge on any atom is -0.348 e. The van der Waals surface area contributed by atoms with E-state index in [9.17, 15) is 4.79 Å². The van der Waals surface area contributed by atoms with Gasteiger partial charge < -0.3 is 9.84 Å². The van der Waals surface area contributed by atoms with Crippen LogP contribution in [0.5, 0.6) is 0 Å². The molecule has 0 fully saturated rings. The van der Waals surface area contributed by atoms with Crippen LogP contribution in [0.25, 0.3) is 28.5 Å². The largest absolute Gasteiger partial charge is 0.348 e. The maximum atomic E-state index is 12.5. The highest BCUT2D eigenvalue weighted by Crippen LogP contribution is 2.28. The fourth-order valence-electron chi connectivity index (χ4n) is 3.92. The molecule has 0 aliphatic rings. The molecule has 0 saturated heterocycles. The third kappa shape index (κ3) is 4.89. The maximum Gasteiger partial charge on any atom is 0.261 e. The van der Waals surface area contributed by atoms with E-state index in [1.807, 2.05) is 77.5 Å². The lowest BCUT2D eigenvalue weighted by Gasteiger charge is -2.07. The molecule has 3 aromatic carbocycles. The SMILES string of the molecule is CCCc1c(-c2nc(-c3ccc(C(=O)NCc4ccccc4)cc3)no2)cnn1-c1ccccc1. The van der Waals surface area contributed by atoms with Crippen molar-refractivity contribution in [1.82, 2.24) is 25.2 Å². The fraction of sp³-hybridized carbons (Fsp3) is 0.143. The Morgan fingerprint density at radius 2 is 1.66 bits per heavy atom. The van der Waals surface area contributed by atoms with Gasteiger partial charge in [-0.15, -0.1) is 0 Å². The molecule has 5 rings (SSSR count). The Labute approximate surface area is 203 Å². The van der Waals surface area contributed by atoms with E-state index in [-0.39, 0.29) is 5.91 Å². The van der Waals surface area contributed by atoms with Crippen molar-refractivity contribution >= 4 is 5.91 Å². The van der Waals surface area contributed by atoms with Crippen LogP contribution in [-0.2, 0) is 13.0 Å². The molecule has 0 aliphatic carbocycles. The molecule has 0 bridgehead atoms. The number of hydrogen-bond donors (Lipinski definition) is 1. The second kappa shape index (κ2) is 10.2. The summed E-state index contributed by atoms with van der Waals surface area (Å²) in [6.07, 6.45) is 3.56. The minimum absolute atomic E-state index is 0.133. The molecule has 7 heteroatoms. The fourth-order valence-corrected chi connectivity index (χ4v) is 3.92. The third-order valence-corrected chi connectivity index (χ3v) is 5.71. The van der Waals surface area contributed by atoms with Gasteiger partial charge in [0.25, 0.3) is 11.8 Å². The van der Waals surface area contributed by atoms with Gasteiger partial charge in [0.2, 0.25) is 5.82 Å². The standard InChI is InChI=1S/C28H25N5O2/c1-2-9-25-24(19-30-33(25)23-12-7-4-8-13-23)28-31-26(32-35-28)21-14-16-22(17-15-21)27(34)29-18-20-10-5-3-6-11-20/h3-8,10-17,19H,2,9,18H2,1H3,(H,29,34). The number of amides is 1. The van der Waals surface area contributed by atoms with E-state index >= 15 is 0 Å². The van der Waals surface area contributed by atoms with Crippen LogP contribution >= 0.6 is 0 Å². The molecule has 1 N–H and O–H groups in total. The zero-order chi connectivity index (χ0) is 24.0. The summed E-state index contributed by atoms with van der Waals surface area (Å²) < 4.78 is 7.54. The van der Waals surface area contributed by atoms with Gasteiger partial charge in [-0.3, -0.25) is 4.79 Å². The first-order chi connectivity index (χ1) is 17.2. The predicted molar refractivity (Wildman–Crippen MR) is 134 cm³/mol. The summed E-state index contributed by atoms with van der Waals surface area (Å²) in [5, 5.41) is 11.7. The van der Waals surface area contributed by atoms with Gasteiger partial charge in [-0.25, -0.2) is 4.68 Å². The van der Waals surface area contributed by atoms with Gasteiger partial charge in [-0.2, -0.15) is 10.1 Å². The molecular formula is C28H25N5O2. The Hall–Kier alpha value is -4.52. The lowest BCUT2D eigenvalue weighted by atomic mass is 10.1. The van der Waals surface area contributed by atoms with E-state index < -0.39 is 0 Å². The van der Waals surface area contributed by atoms with Crippen molar-refractivity contribution in [3.8, 4) is 28.5 Å². The lowest BCUT2D eigenvalue weighted by molar-refractivity contribution is 0.0951. The zero-order valence-electron chi connectivity index (χ0n) is 19.4. The van der Waals surface area contributed by atoms with E-state index in [1.54, 1.807) is 18.3 Å². The topological polar surface area (TPSA) is 85.8 Å². The average molecular weight is 464 g/mol. The van der Waals surface area contributed by atoms with Crippen LogP contribution < -0.4 is 5.32 Å². The van der Waals surface area contributed by atoms with Gasteiger partial charge in [-0.05, 0) is 36.2 Å². The molecule has 0 spiro atoms. The predicted octanol–water partition coefficient (Wildman–Crippen LogP) is 5.47. The van der Waals surface area contributed by atoms with Crippen molar-refractivity contribution in [3.05, 3.63) is 108 Å². The monoisotopic (exact) mass is 463 g/mol. The molecule has 5 aromatic rings. The third-order valence-electron chi connectivity index (χ3n) is 5.71. The molecule has 0 radical (unpaired) electrons. The van der Waals surface area contributed by atoms with Gasteiger partial charge >= 0.3 is 0 Å². The number of carbonyl (C=O) groups is 1. The van der Waals surface area contributed by atoms with E-state index in [4.69, 9.17) is 4.52 Å². The number of aromatic nitrogens is 4. The van der Waals surface area contributed by atoms with Crippen LogP contribution in [-0.4, -0.2) is 25.8 Å². The van der Waals surface area contributed by atoms with Gasteiger partial charge in [0, 0.05) is 17.7 Å². The van der Waals surface area contributed by atoms with E-state index in [0.29, 0.717) is 23.8 Å². The average Bonchev–Trinajstić information content (AvgIpc) is 3.56. The Balaban J connectivity index is 1.33. The van der Waals surface area contributed by atoms with Gasteiger partial charge in [0.1, 0.15) is 0 Å². The Morgan fingerprint density at radius 3 is 2.37 bits per heavy atom. The van der Waals surface area contributed by atoms with Crippen LogP contribution in [0, 0.1) is 0 Å². The minimum atomic E-state index is -0.133. The molecule has 0 aliphatic heterocycles. The number of carbonyl (C=O) groups excluding carboxylic acids is 1. The highest BCUT2D eigenvalue weighted by atomic mass is 16.5. The second-order valence-corrected chi connectivity index (χ2v) is 8.17. The summed E-state index contributed by atoms with van der Waals surface area (Å²) in [5.41, 5.74) is 5.23. The van der Waals surface area contributed by atoms with Crippen molar-refractivity contribution in [2.45, 2.75) is 26.3 Å². The van der Waals surface area contributed by atoms with Crippen LogP contribution in [0.1, 0.15) is 35.0 Å². The van der Waals surface area contributed by atoms with Crippen LogP contribution in [0.2, 0.25) is 0 Å². The number of benzene rings is 3. The summed E-state index contributed by atoms with van der Waals surface area (Å²) in [5.74, 6) is 0.758. The highest BCUT2D eigenvalue weighted by Gasteiger charge is 2.19. The number of para-hydroxylation sites is 1. The quantitative estimate of drug-likeness (QED) is 0.330.